The summed E-state index contributed by atoms with van der Waals surface area (Å²) in [5.74, 6) is 0.616. The summed E-state index contributed by atoms with van der Waals surface area (Å²) < 4.78 is 5.02. The standard InChI is InChI=1S/C11H14N2O2S/c1-8(4-5-12)13(2)11(14)10-6-9(15-3)7-16-10/h6-8H,4H2,1-3H3. The number of carbonyl (C=O) groups is 1. The lowest BCUT2D eigenvalue weighted by Crippen LogP contribution is -2.34. The van der Waals surface area contributed by atoms with E-state index in [1.807, 2.05) is 6.92 Å². The lowest BCUT2D eigenvalue weighted by molar-refractivity contribution is 0.0751. The second-order valence-electron chi connectivity index (χ2n) is 3.48. The first-order valence-corrected chi connectivity index (χ1v) is 5.74. The van der Waals surface area contributed by atoms with Gasteiger partial charge in [0, 0.05) is 24.5 Å². The van der Waals surface area contributed by atoms with Crippen LogP contribution in [0.15, 0.2) is 11.4 Å². The van der Waals surface area contributed by atoms with Crippen LogP contribution in [-0.4, -0.2) is 31.0 Å². The van der Waals surface area contributed by atoms with E-state index < -0.39 is 0 Å². The van der Waals surface area contributed by atoms with E-state index in [-0.39, 0.29) is 11.9 Å². The summed E-state index contributed by atoms with van der Waals surface area (Å²) in [6.45, 7) is 1.85. The number of carbonyl (C=O) groups excluding carboxylic acids is 1. The summed E-state index contributed by atoms with van der Waals surface area (Å²) >= 11 is 1.35. The van der Waals surface area contributed by atoms with Crippen molar-refractivity contribution in [2.24, 2.45) is 0 Å². The lowest BCUT2D eigenvalue weighted by atomic mass is 10.2. The van der Waals surface area contributed by atoms with E-state index >= 15 is 0 Å². The van der Waals surface area contributed by atoms with Gasteiger partial charge in [0.15, 0.2) is 0 Å². The van der Waals surface area contributed by atoms with Gasteiger partial charge in [0.1, 0.15) is 5.75 Å². The van der Waals surface area contributed by atoms with Gasteiger partial charge >= 0.3 is 0 Å². The number of hydrogen-bond acceptors (Lipinski definition) is 4. The summed E-state index contributed by atoms with van der Waals surface area (Å²) in [4.78, 5) is 14.2. The normalized spacial score (nSPS) is 11.6. The zero-order valence-electron chi connectivity index (χ0n) is 9.56. The average Bonchev–Trinajstić information content (AvgIpc) is 2.75. The third kappa shape index (κ3) is 2.74. The minimum Gasteiger partial charge on any atom is -0.496 e. The Bertz CT molecular complexity index is 408. The number of nitrogens with zero attached hydrogens (tertiary/aromatic N) is 2. The highest BCUT2D eigenvalue weighted by molar-refractivity contribution is 7.12. The molecule has 1 aromatic rings. The molecule has 0 radical (unpaired) electrons. The second-order valence-corrected chi connectivity index (χ2v) is 4.39. The van der Waals surface area contributed by atoms with Crippen molar-refractivity contribution in [3.05, 3.63) is 16.3 Å². The molecule has 1 amide bonds. The highest BCUT2D eigenvalue weighted by Crippen LogP contribution is 2.22. The smallest absolute Gasteiger partial charge is 0.264 e. The molecule has 0 aliphatic heterocycles. The number of nitriles is 1. The Morgan fingerprint density at radius 1 is 1.75 bits per heavy atom. The Balaban J connectivity index is 2.74. The van der Waals surface area contributed by atoms with Crippen molar-refractivity contribution in [1.82, 2.24) is 4.90 Å². The van der Waals surface area contributed by atoms with Gasteiger partial charge < -0.3 is 9.64 Å². The van der Waals surface area contributed by atoms with E-state index in [0.29, 0.717) is 17.0 Å². The van der Waals surface area contributed by atoms with Gasteiger partial charge in [-0.05, 0) is 6.92 Å². The van der Waals surface area contributed by atoms with Crippen molar-refractivity contribution in [3.63, 3.8) is 0 Å². The van der Waals surface area contributed by atoms with Crippen LogP contribution in [0.4, 0.5) is 0 Å². The fourth-order valence-electron chi connectivity index (χ4n) is 1.18. The van der Waals surface area contributed by atoms with Gasteiger partial charge in [0.25, 0.3) is 5.91 Å². The molecule has 0 bridgehead atoms. The molecule has 0 N–H and O–H groups in total. The number of ether oxygens (including phenoxy) is 1. The first-order valence-electron chi connectivity index (χ1n) is 4.86. The Hall–Kier alpha value is -1.54. The van der Waals surface area contributed by atoms with E-state index in [9.17, 15) is 4.79 Å². The number of thiophene rings is 1. The van der Waals surface area contributed by atoms with E-state index in [1.165, 1.54) is 11.3 Å². The molecule has 1 rings (SSSR count). The van der Waals surface area contributed by atoms with Crippen LogP contribution in [0, 0.1) is 11.3 Å². The van der Waals surface area contributed by atoms with Crippen LogP contribution < -0.4 is 4.74 Å². The van der Waals surface area contributed by atoms with Crippen LogP contribution in [0.25, 0.3) is 0 Å². The monoisotopic (exact) mass is 238 g/mol. The van der Waals surface area contributed by atoms with Crippen LogP contribution in [-0.2, 0) is 0 Å². The number of amides is 1. The second kappa shape index (κ2) is 5.52. The molecule has 0 spiro atoms. The maximum Gasteiger partial charge on any atom is 0.264 e. The molecule has 1 atom stereocenters. The molecule has 16 heavy (non-hydrogen) atoms. The van der Waals surface area contributed by atoms with E-state index in [2.05, 4.69) is 6.07 Å². The van der Waals surface area contributed by atoms with E-state index in [1.54, 1.807) is 30.5 Å². The molecule has 0 saturated carbocycles. The average molecular weight is 238 g/mol. The molecule has 0 aliphatic carbocycles. The molecule has 1 aromatic heterocycles. The van der Waals surface area contributed by atoms with E-state index in [4.69, 9.17) is 10.00 Å². The van der Waals surface area contributed by atoms with Gasteiger partial charge in [-0.2, -0.15) is 5.26 Å². The van der Waals surface area contributed by atoms with Crippen molar-refractivity contribution in [3.8, 4) is 11.8 Å². The molecule has 1 unspecified atom stereocenters. The zero-order valence-corrected chi connectivity index (χ0v) is 10.4. The Morgan fingerprint density at radius 2 is 2.44 bits per heavy atom. The van der Waals surface area contributed by atoms with Crippen LogP contribution in [0.1, 0.15) is 23.0 Å². The fourth-order valence-corrected chi connectivity index (χ4v) is 2.02. The van der Waals surface area contributed by atoms with Gasteiger partial charge in [-0.15, -0.1) is 11.3 Å². The van der Waals surface area contributed by atoms with Gasteiger partial charge in [-0.25, -0.2) is 0 Å². The van der Waals surface area contributed by atoms with Gasteiger partial charge in [-0.3, -0.25) is 4.79 Å². The van der Waals surface area contributed by atoms with Crippen molar-refractivity contribution in [2.45, 2.75) is 19.4 Å². The summed E-state index contributed by atoms with van der Waals surface area (Å²) in [6.07, 6.45) is 0.338. The molecule has 0 saturated heterocycles. The Labute approximate surface area is 99.1 Å². The summed E-state index contributed by atoms with van der Waals surface area (Å²) in [5, 5.41) is 10.4. The van der Waals surface area contributed by atoms with Crippen molar-refractivity contribution < 1.29 is 9.53 Å². The third-order valence-corrected chi connectivity index (χ3v) is 3.29. The molecule has 1 heterocycles. The first-order chi connectivity index (χ1) is 7.60. The highest BCUT2D eigenvalue weighted by Gasteiger charge is 2.18. The minimum absolute atomic E-state index is 0.0731. The quantitative estimate of drug-likeness (QED) is 0.807. The fraction of sp³-hybridized carbons (Fsp3) is 0.455. The van der Waals surface area contributed by atoms with Crippen LogP contribution in [0.2, 0.25) is 0 Å². The summed E-state index contributed by atoms with van der Waals surface area (Å²) in [7, 11) is 3.27. The predicted molar refractivity (Wildman–Crippen MR) is 62.7 cm³/mol. The number of hydrogen-bond donors (Lipinski definition) is 0. The molecule has 0 aliphatic rings. The largest absolute Gasteiger partial charge is 0.496 e. The Morgan fingerprint density at radius 3 is 2.94 bits per heavy atom. The molecule has 0 fully saturated rings. The maximum atomic E-state index is 12.0. The first kappa shape index (κ1) is 12.5. The van der Waals surface area contributed by atoms with Crippen LogP contribution in [0.3, 0.4) is 0 Å². The predicted octanol–water partition coefficient (Wildman–Crippen LogP) is 2.13. The van der Waals surface area contributed by atoms with Crippen molar-refractivity contribution >= 4 is 17.2 Å². The minimum atomic E-state index is -0.0782. The van der Waals surface area contributed by atoms with Gasteiger partial charge in [0.05, 0.1) is 24.5 Å². The molecular weight excluding hydrogens is 224 g/mol. The van der Waals surface area contributed by atoms with Crippen LogP contribution >= 0.6 is 11.3 Å². The topological polar surface area (TPSA) is 53.3 Å². The van der Waals surface area contributed by atoms with Gasteiger partial charge in [0.2, 0.25) is 0 Å². The van der Waals surface area contributed by atoms with E-state index in [0.717, 1.165) is 0 Å². The van der Waals surface area contributed by atoms with Crippen LogP contribution in [0.5, 0.6) is 5.75 Å². The highest BCUT2D eigenvalue weighted by atomic mass is 32.1. The molecule has 86 valence electrons. The third-order valence-electron chi connectivity index (χ3n) is 2.39. The molecule has 0 aromatic carbocycles. The van der Waals surface area contributed by atoms with Crippen molar-refractivity contribution in [2.75, 3.05) is 14.2 Å². The maximum absolute atomic E-state index is 12.0. The summed E-state index contributed by atoms with van der Waals surface area (Å²) in [5.41, 5.74) is 0. The Kier molecular flexibility index (Phi) is 4.32. The zero-order chi connectivity index (χ0) is 12.1. The molecule has 4 nitrogen and oxygen atoms in total. The molecular formula is C11H14N2O2S. The molecule has 5 heteroatoms. The number of rotatable bonds is 4. The number of methoxy groups -OCH3 is 1. The van der Waals surface area contributed by atoms with Gasteiger partial charge in [-0.1, -0.05) is 0 Å². The lowest BCUT2D eigenvalue weighted by Gasteiger charge is -2.21. The summed E-state index contributed by atoms with van der Waals surface area (Å²) in [6, 6.07) is 3.69. The SMILES string of the molecule is COc1csc(C(=O)N(C)C(C)CC#N)c1. The van der Waals surface area contributed by atoms with Crippen molar-refractivity contribution in [1.29, 1.82) is 5.26 Å².